The predicted molar refractivity (Wildman–Crippen MR) is 90.7 cm³/mol. The Morgan fingerprint density at radius 1 is 1.46 bits per heavy atom. The summed E-state index contributed by atoms with van der Waals surface area (Å²) in [7, 11) is 0. The quantitative estimate of drug-likeness (QED) is 0.779. The van der Waals surface area contributed by atoms with Crippen LogP contribution in [-0.2, 0) is 11.2 Å². The molecule has 0 aliphatic carbocycles. The van der Waals surface area contributed by atoms with E-state index in [9.17, 15) is 4.79 Å². The summed E-state index contributed by atoms with van der Waals surface area (Å²) in [6.45, 7) is 8.46. The highest BCUT2D eigenvalue weighted by molar-refractivity contribution is 9.10. The zero-order chi connectivity index (χ0) is 17.9. The van der Waals surface area contributed by atoms with E-state index in [0.717, 1.165) is 0 Å². The largest absolute Gasteiger partial charge is 0.471 e. The molecular formula is C16H21BrN4O3. The number of aryl methyl sites for hydroxylation is 1. The van der Waals surface area contributed by atoms with E-state index >= 15 is 0 Å². The minimum absolute atomic E-state index is 0.169. The van der Waals surface area contributed by atoms with Gasteiger partial charge in [-0.3, -0.25) is 0 Å². The molecule has 1 fully saturated rings. The van der Waals surface area contributed by atoms with Gasteiger partial charge in [0, 0.05) is 13.0 Å². The van der Waals surface area contributed by atoms with E-state index in [1.54, 1.807) is 4.90 Å². The monoisotopic (exact) mass is 396 g/mol. The first kappa shape index (κ1) is 18.5. The summed E-state index contributed by atoms with van der Waals surface area (Å²) in [4.78, 5) is 22.3. The maximum atomic E-state index is 12.1. The molecule has 1 aliphatic heterocycles. The van der Waals surface area contributed by atoms with Gasteiger partial charge in [-0.25, -0.2) is 14.8 Å². The van der Waals surface area contributed by atoms with Gasteiger partial charge < -0.3 is 14.4 Å². The standard InChI is InChI=1S/C16H21BrN4O3/c1-5-11-14(20-13(17)12(8-18)19-11)23-10-6-7-21(9-10)15(22)24-16(2,3)4/h10H,5-7,9H2,1-4H3/t10-/m1/s1. The molecule has 130 valence electrons. The highest BCUT2D eigenvalue weighted by atomic mass is 79.9. The minimum atomic E-state index is -0.519. The van der Waals surface area contributed by atoms with Crippen LogP contribution in [0.5, 0.6) is 5.88 Å². The molecule has 7 nitrogen and oxygen atoms in total. The summed E-state index contributed by atoms with van der Waals surface area (Å²) in [6.07, 6.45) is 0.794. The number of likely N-dealkylation sites (tertiary alicyclic amines) is 1. The molecular weight excluding hydrogens is 376 g/mol. The lowest BCUT2D eigenvalue weighted by atomic mass is 10.2. The second kappa shape index (κ2) is 7.34. The van der Waals surface area contributed by atoms with E-state index in [1.165, 1.54) is 0 Å². The molecule has 8 heteroatoms. The summed E-state index contributed by atoms with van der Waals surface area (Å²) in [5.74, 6) is 0.402. The highest BCUT2D eigenvalue weighted by Crippen LogP contribution is 2.24. The molecule has 0 bridgehead atoms. The van der Waals surface area contributed by atoms with Crippen molar-refractivity contribution in [1.29, 1.82) is 5.26 Å². The number of halogens is 1. The molecule has 0 spiro atoms. The number of ether oxygens (including phenoxy) is 2. The summed E-state index contributed by atoms with van der Waals surface area (Å²) in [6, 6.07) is 1.99. The van der Waals surface area contributed by atoms with Crippen molar-refractivity contribution in [2.75, 3.05) is 13.1 Å². The summed E-state index contributed by atoms with van der Waals surface area (Å²) < 4.78 is 11.7. The maximum absolute atomic E-state index is 12.1. The maximum Gasteiger partial charge on any atom is 0.410 e. The number of carbonyl (C=O) groups excluding carboxylic acids is 1. The average molecular weight is 397 g/mol. The van der Waals surface area contributed by atoms with Crippen molar-refractivity contribution in [3.8, 4) is 11.9 Å². The van der Waals surface area contributed by atoms with E-state index in [4.69, 9.17) is 14.7 Å². The summed E-state index contributed by atoms with van der Waals surface area (Å²) >= 11 is 3.23. The van der Waals surface area contributed by atoms with Crippen molar-refractivity contribution in [3.63, 3.8) is 0 Å². The van der Waals surface area contributed by atoms with Gasteiger partial charge in [-0.15, -0.1) is 0 Å². The molecule has 0 saturated carbocycles. The second-order valence-corrected chi connectivity index (χ2v) is 7.29. The van der Waals surface area contributed by atoms with E-state index in [0.29, 0.717) is 42.1 Å². The van der Waals surface area contributed by atoms with Crippen molar-refractivity contribution in [2.45, 2.75) is 52.2 Å². The Labute approximate surface area is 150 Å². The Hall–Kier alpha value is -1.88. The van der Waals surface area contributed by atoms with Gasteiger partial charge >= 0.3 is 6.09 Å². The van der Waals surface area contributed by atoms with E-state index in [-0.39, 0.29) is 17.9 Å². The van der Waals surface area contributed by atoms with Crippen LogP contribution >= 0.6 is 15.9 Å². The average Bonchev–Trinajstić information content (AvgIpc) is 2.94. The van der Waals surface area contributed by atoms with Crippen molar-refractivity contribution in [3.05, 3.63) is 16.0 Å². The van der Waals surface area contributed by atoms with Gasteiger partial charge in [-0.1, -0.05) is 6.92 Å². The van der Waals surface area contributed by atoms with Crippen LogP contribution < -0.4 is 4.74 Å². The number of carbonyl (C=O) groups is 1. The fourth-order valence-corrected chi connectivity index (χ4v) is 2.64. The van der Waals surface area contributed by atoms with Gasteiger partial charge in [0.15, 0.2) is 5.69 Å². The number of nitrogens with zero attached hydrogens (tertiary/aromatic N) is 4. The SMILES string of the molecule is CCc1nc(C#N)c(Br)nc1O[C@@H]1CCN(C(=O)OC(C)(C)C)C1. The molecule has 24 heavy (non-hydrogen) atoms. The summed E-state index contributed by atoms with van der Waals surface area (Å²) in [5, 5.41) is 9.02. The molecule has 1 aromatic rings. The number of amides is 1. The molecule has 1 aliphatic rings. The Balaban J connectivity index is 2.05. The van der Waals surface area contributed by atoms with Gasteiger partial charge in [0.1, 0.15) is 28.1 Å². The topological polar surface area (TPSA) is 88.3 Å². The molecule has 2 heterocycles. The lowest BCUT2D eigenvalue weighted by molar-refractivity contribution is 0.0274. The Morgan fingerprint density at radius 3 is 2.75 bits per heavy atom. The fourth-order valence-electron chi connectivity index (χ4n) is 2.31. The van der Waals surface area contributed by atoms with Gasteiger partial charge in [0.25, 0.3) is 0 Å². The molecule has 1 saturated heterocycles. The van der Waals surface area contributed by atoms with Crippen LogP contribution in [0, 0.1) is 11.3 Å². The molecule has 0 N–H and O–H groups in total. The molecule has 0 unspecified atom stereocenters. The van der Waals surface area contributed by atoms with Crippen LogP contribution in [0.15, 0.2) is 4.60 Å². The van der Waals surface area contributed by atoms with Crippen molar-refractivity contribution in [1.82, 2.24) is 14.9 Å². The van der Waals surface area contributed by atoms with Crippen molar-refractivity contribution < 1.29 is 14.3 Å². The van der Waals surface area contributed by atoms with Gasteiger partial charge in [-0.05, 0) is 43.1 Å². The first-order valence-corrected chi connectivity index (χ1v) is 8.64. The van der Waals surface area contributed by atoms with Crippen LogP contribution in [0.1, 0.15) is 45.5 Å². The third kappa shape index (κ3) is 4.57. The van der Waals surface area contributed by atoms with Gasteiger partial charge in [0.05, 0.1) is 6.54 Å². The lowest BCUT2D eigenvalue weighted by Crippen LogP contribution is -2.36. The zero-order valence-corrected chi connectivity index (χ0v) is 15.9. The van der Waals surface area contributed by atoms with Crippen LogP contribution in [-0.4, -0.2) is 45.8 Å². The minimum Gasteiger partial charge on any atom is -0.471 e. The zero-order valence-electron chi connectivity index (χ0n) is 14.3. The van der Waals surface area contributed by atoms with Gasteiger partial charge in [-0.2, -0.15) is 5.26 Å². The molecule has 2 rings (SSSR count). The first-order chi connectivity index (χ1) is 11.2. The smallest absolute Gasteiger partial charge is 0.410 e. The number of nitriles is 1. The number of aromatic nitrogens is 2. The van der Waals surface area contributed by atoms with Gasteiger partial charge in [0.2, 0.25) is 5.88 Å². The molecule has 1 atom stereocenters. The van der Waals surface area contributed by atoms with E-state index < -0.39 is 5.60 Å². The third-order valence-electron chi connectivity index (χ3n) is 3.40. The normalized spacial score (nSPS) is 17.5. The summed E-state index contributed by atoms with van der Waals surface area (Å²) in [5.41, 5.74) is 0.348. The Morgan fingerprint density at radius 2 is 2.17 bits per heavy atom. The van der Waals surface area contributed by atoms with Crippen LogP contribution in [0.3, 0.4) is 0 Å². The second-order valence-electron chi connectivity index (χ2n) is 6.54. The predicted octanol–water partition coefficient (Wildman–Crippen LogP) is 3.06. The third-order valence-corrected chi connectivity index (χ3v) is 3.96. The Kier molecular flexibility index (Phi) is 5.65. The number of hydrogen-bond donors (Lipinski definition) is 0. The Bertz CT molecular complexity index is 667. The molecule has 1 aromatic heterocycles. The van der Waals surface area contributed by atoms with Crippen molar-refractivity contribution in [2.24, 2.45) is 0 Å². The van der Waals surface area contributed by atoms with Crippen LogP contribution in [0.25, 0.3) is 0 Å². The van der Waals surface area contributed by atoms with Crippen LogP contribution in [0.2, 0.25) is 0 Å². The first-order valence-electron chi connectivity index (χ1n) is 7.84. The molecule has 1 amide bonds. The molecule has 0 radical (unpaired) electrons. The number of rotatable bonds is 3. The lowest BCUT2D eigenvalue weighted by Gasteiger charge is -2.24. The van der Waals surface area contributed by atoms with Crippen LogP contribution in [0.4, 0.5) is 4.79 Å². The van der Waals surface area contributed by atoms with E-state index in [2.05, 4.69) is 25.9 Å². The highest BCUT2D eigenvalue weighted by Gasteiger charge is 2.31. The van der Waals surface area contributed by atoms with Crippen molar-refractivity contribution >= 4 is 22.0 Å². The molecule has 0 aromatic carbocycles. The fraction of sp³-hybridized carbons (Fsp3) is 0.625. The number of hydrogen-bond acceptors (Lipinski definition) is 6. The van der Waals surface area contributed by atoms with E-state index in [1.807, 2.05) is 33.8 Å².